The second kappa shape index (κ2) is 8.08. The molecule has 1 fully saturated rings. The summed E-state index contributed by atoms with van der Waals surface area (Å²) in [6, 6.07) is 13.1. The van der Waals surface area contributed by atoms with Crippen molar-refractivity contribution in [2.45, 2.75) is 6.92 Å². The van der Waals surface area contributed by atoms with Crippen LogP contribution in [0.1, 0.15) is 16.2 Å². The number of carbonyl (C=O) groups excluding carboxylic acids is 1. The van der Waals surface area contributed by atoms with Gasteiger partial charge in [-0.05, 0) is 54.1 Å². The van der Waals surface area contributed by atoms with Crippen LogP contribution >= 0.6 is 11.6 Å². The maximum absolute atomic E-state index is 12.8. The molecule has 0 radical (unpaired) electrons. The third kappa shape index (κ3) is 4.02. The number of ether oxygens (including phenoxy) is 1. The Morgan fingerprint density at radius 2 is 1.79 bits per heavy atom. The first-order valence-electron chi connectivity index (χ1n) is 9.30. The Kier molecular flexibility index (Phi) is 5.35. The minimum atomic E-state index is -0.216. The number of anilines is 1. The van der Waals surface area contributed by atoms with Gasteiger partial charge in [-0.3, -0.25) is 4.79 Å². The average molecular weight is 413 g/mol. The molecule has 1 saturated heterocycles. The minimum Gasteiger partial charge on any atom is -0.497 e. The quantitative estimate of drug-likeness (QED) is 0.655. The number of aromatic nitrogens is 4. The maximum Gasteiger partial charge on any atom is 0.295 e. The molecule has 1 amide bonds. The maximum atomic E-state index is 12.8. The molecule has 0 aliphatic carbocycles. The summed E-state index contributed by atoms with van der Waals surface area (Å²) >= 11 is 6.14. The van der Waals surface area contributed by atoms with E-state index in [1.54, 1.807) is 36.3 Å². The summed E-state index contributed by atoms with van der Waals surface area (Å²) in [5.41, 5.74) is 2.98. The Hall–Kier alpha value is -3.13. The van der Waals surface area contributed by atoms with E-state index < -0.39 is 0 Å². The molecular weight excluding hydrogens is 392 g/mol. The summed E-state index contributed by atoms with van der Waals surface area (Å²) in [6.45, 7) is 4.67. The molecule has 8 nitrogen and oxygen atoms in total. The lowest BCUT2D eigenvalue weighted by Gasteiger charge is -2.36. The van der Waals surface area contributed by atoms with Gasteiger partial charge in [0.05, 0.1) is 12.8 Å². The van der Waals surface area contributed by atoms with Crippen LogP contribution in [0, 0.1) is 6.92 Å². The van der Waals surface area contributed by atoms with Crippen LogP contribution in [-0.2, 0) is 0 Å². The molecule has 0 unspecified atom stereocenters. The Labute approximate surface area is 173 Å². The lowest BCUT2D eigenvalue weighted by Crippen LogP contribution is -2.49. The van der Waals surface area contributed by atoms with E-state index in [0.29, 0.717) is 23.8 Å². The number of nitrogens with zero attached hydrogens (tertiary/aromatic N) is 6. The summed E-state index contributed by atoms with van der Waals surface area (Å²) in [5.74, 6) is 0.610. The predicted octanol–water partition coefficient (Wildman–Crippen LogP) is 2.60. The first-order valence-corrected chi connectivity index (χ1v) is 9.68. The normalized spacial score (nSPS) is 14.2. The number of tetrazole rings is 1. The van der Waals surface area contributed by atoms with Gasteiger partial charge < -0.3 is 14.5 Å². The summed E-state index contributed by atoms with van der Waals surface area (Å²) in [5, 5.41) is 12.9. The Bertz CT molecular complexity index is 1010. The Morgan fingerprint density at radius 3 is 2.48 bits per heavy atom. The predicted molar refractivity (Wildman–Crippen MR) is 110 cm³/mol. The van der Waals surface area contributed by atoms with Crippen LogP contribution in [0.15, 0.2) is 42.5 Å². The van der Waals surface area contributed by atoms with Crippen LogP contribution in [-0.4, -0.2) is 64.3 Å². The molecule has 2 aromatic carbocycles. The van der Waals surface area contributed by atoms with Gasteiger partial charge >= 0.3 is 0 Å². The molecule has 0 atom stereocenters. The van der Waals surface area contributed by atoms with Crippen molar-refractivity contribution >= 4 is 23.2 Å². The average Bonchev–Trinajstić information content (AvgIpc) is 3.25. The highest BCUT2D eigenvalue weighted by molar-refractivity contribution is 6.30. The highest BCUT2D eigenvalue weighted by atomic mass is 35.5. The highest BCUT2D eigenvalue weighted by Crippen LogP contribution is 2.25. The molecule has 1 aliphatic rings. The lowest BCUT2D eigenvalue weighted by atomic mass is 10.1. The van der Waals surface area contributed by atoms with E-state index in [-0.39, 0.29) is 11.7 Å². The van der Waals surface area contributed by atoms with E-state index in [0.717, 1.165) is 24.5 Å². The van der Waals surface area contributed by atoms with Gasteiger partial charge in [0.2, 0.25) is 0 Å². The third-order valence-electron chi connectivity index (χ3n) is 4.99. The number of hydrogen-bond donors (Lipinski definition) is 0. The first-order chi connectivity index (χ1) is 14.0. The molecular formula is C20H21ClN6O2. The molecule has 0 bridgehead atoms. The third-order valence-corrected chi connectivity index (χ3v) is 5.22. The summed E-state index contributed by atoms with van der Waals surface area (Å²) in [4.78, 5) is 18.1. The van der Waals surface area contributed by atoms with Crippen LogP contribution < -0.4 is 9.64 Å². The Morgan fingerprint density at radius 1 is 1.07 bits per heavy atom. The van der Waals surface area contributed by atoms with Crippen molar-refractivity contribution in [3.05, 3.63) is 58.9 Å². The number of halogens is 1. The number of amides is 1. The fourth-order valence-electron chi connectivity index (χ4n) is 3.34. The molecule has 9 heteroatoms. The van der Waals surface area contributed by atoms with Gasteiger partial charge in [0.1, 0.15) is 5.75 Å². The molecule has 4 rings (SSSR count). The van der Waals surface area contributed by atoms with Crippen LogP contribution in [0.2, 0.25) is 5.02 Å². The van der Waals surface area contributed by atoms with Crippen molar-refractivity contribution in [2.24, 2.45) is 0 Å². The lowest BCUT2D eigenvalue weighted by molar-refractivity contribution is 0.0734. The van der Waals surface area contributed by atoms with E-state index in [1.165, 1.54) is 10.4 Å². The second-order valence-corrected chi connectivity index (χ2v) is 7.25. The first kappa shape index (κ1) is 19.2. The molecule has 1 aromatic heterocycles. The fourth-order valence-corrected chi connectivity index (χ4v) is 3.51. The number of methoxy groups -OCH3 is 1. The second-order valence-electron chi connectivity index (χ2n) is 6.81. The fraction of sp³-hybridized carbons (Fsp3) is 0.300. The zero-order valence-corrected chi connectivity index (χ0v) is 17.0. The summed E-state index contributed by atoms with van der Waals surface area (Å²) in [7, 11) is 1.60. The smallest absolute Gasteiger partial charge is 0.295 e. The van der Waals surface area contributed by atoms with Crippen molar-refractivity contribution in [2.75, 3.05) is 38.2 Å². The molecule has 0 saturated carbocycles. The van der Waals surface area contributed by atoms with E-state index in [9.17, 15) is 4.79 Å². The zero-order valence-electron chi connectivity index (χ0n) is 16.2. The summed E-state index contributed by atoms with van der Waals surface area (Å²) in [6.07, 6.45) is 0. The number of rotatable bonds is 4. The van der Waals surface area contributed by atoms with Crippen LogP contribution in [0.25, 0.3) is 5.69 Å². The number of hydrogen-bond acceptors (Lipinski definition) is 6. The van der Waals surface area contributed by atoms with Gasteiger partial charge in [-0.25, -0.2) is 0 Å². The van der Waals surface area contributed by atoms with Crippen LogP contribution in [0.5, 0.6) is 5.75 Å². The molecule has 1 aliphatic heterocycles. The molecule has 2 heterocycles. The van der Waals surface area contributed by atoms with Crippen LogP contribution in [0.4, 0.5) is 5.69 Å². The number of benzene rings is 2. The number of aryl methyl sites for hydroxylation is 1. The minimum absolute atomic E-state index is 0.0909. The van der Waals surface area contributed by atoms with Gasteiger partial charge in [-0.15, -0.1) is 15.0 Å². The van der Waals surface area contributed by atoms with E-state index in [4.69, 9.17) is 16.3 Å². The SMILES string of the molecule is COc1ccc(-n2nnc(C(=O)N3CCN(c4cc(Cl)ccc4C)CC3)n2)cc1. The van der Waals surface area contributed by atoms with Crippen molar-refractivity contribution in [1.29, 1.82) is 0 Å². The van der Waals surface area contributed by atoms with E-state index in [1.807, 2.05) is 18.2 Å². The van der Waals surface area contributed by atoms with Crippen molar-refractivity contribution < 1.29 is 9.53 Å². The molecule has 3 aromatic rings. The Balaban J connectivity index is 1.42. The number of piperazine rings is 1. The number of carbonyl (C=O) groups is 1. The summed E-state index contributed by atoms with van der Waals surface area (Å²) < 4.78 is 5.14. The monoisotopic (exact) mass is 412 g/mol. The largest absolute Gasteiger partial charge is 0.497 e. The molecule has 0 N–H and O–H groups in total. The zero-order chi connectivity index (χ0) is 20.4. The van der Waals surface area contributed by atoms with E-state index >= 15 is 0 Å². The van der Waals surface area contributed by atoms with Gasteiger partial charge in [-0.1, -0.05) is 17.7 Å². The standard InChI is InChI=1S/C20H21ClN6O2/c1-14-3-4-15(21)13-18(14)25-9-11-26(12-10-25)20(28)19-22-24-27(23-19)16-5-7-17(29-2)8-6-16/h3-8,13H,9-12H2,1-2H3. The highest BCUT2D eigenvalue weighted by Gasteiger charge is 2.26. The van der Waals surface area contributed by atoms with Crippen LogP contribution in [0.3, 0.4) is 0 Å². The molecule has 150 valence electrons. The van der Waals surface area contributed by atoms with Crippen molar-refractivity contribution in [3.8, 4) is 11.4 Å². The molecule has 29 heavy (non-hydrogen) atoms. The van der Waals surface area contributed by atoms with Crippen molar-refractivity contribution in [3.63, 3.8) is 0 Å². The van der Waals surface area contributed by atoms with E-state index in [2.05, 4.69) is 27.2 Å². The van der Waals surface area contributed by atoms with Gasteiger partial charge in [-0.2, -0.15) is 0 Å². The van der Waals surface area contributed by atoms with Gasteiger partial charge in [0, 0.05) is 36.9 Å². The van der Waals surface area contributed by atoms with Gasteiger partial charge in [0.15, 0.2) is 0 Å². The van der Waals surface area contributed by atoms with Crippen molar-refractivity contribution in [1.82, 2.24) is 25.1 Å². The van der Waals surface area contributed by atoms with Gasteiger partial charge in [0.25, 0.3) is 11.7 Å². The molecule has 0 spiro atoms. The topological polar surface area (TPSA) is 76.4 Å².